The highest BCUT2D eigenvalue weighted by Gasteiger charge is 2.31. The second kappa shape index (κ2) is 4.92. The number of hydrogen-bond acceptors (Lipinski definition) is 4. The first kappa shape index (κ1) is 12.6. The minimum absolute atomic E-state index is 0.00361. The molecule has 0 radical (unpaired) electrons. The van der Waals surface area contributed by atoms with Gasteiger partial charge in [-0.25, -0.2) is 0 Å². The smallest absolute Gasteiger partial charge is 0.251 e. The third-order valence-corrected chi connectivity index (χ3v) is 4.01. The first-order valence-electron chi connectivity index (χ1n) is 6.79. The van der Waals surface area contributed by atoms with Gasteiger partial charge < -0.3 is 10.6 Å². The molecule has 0 saturated carbocycles. The summed E-state index contributed by atoms with van der Waals surface area (Å²) >= 11 is 0. The molecule has 1 aromatic carbocycles. The normalized spacial score (nSPS) is 29.3. The third kappa shape index (κ3) is 2.36. The van der Waals surface area contributed by atoms with Gasteiger partial charge in [-0.2, -0.15) is 0 Å². The number of fused-ring (bicyclic) bond motifs is 1. The first-order chi connectivity index (χ1) is 9.15. The number of hydrazine groups is 1. The average molecular weight is 260 g/mol. The van der Waals surface area contributed by atoms with Crippen molar-refractivity contribution in [2.45, 2.75) is 45.1 Å². The van der Waals surface area contributed by atoms with Crippen LogP contribution in [0.4, 0.5) is 0 Å². The zero-order chi connectivity index (χ0) is 13.4. The summed E-state index contributed by atoms with van der Waals surface area (Å²) in [5.41, 5.74) is 9.56. The molecular formula is C14H20N4O. The number of carbonyl (C=O) groups is 1. The topological polar surface area (TPSA) is 65.2 Å². The van der Waals surface area contributed by atoms with Crippen LogP contribution in [-0.2, 0) is 13.1 Å². The van der Waals surface area contributed by atoms with Crippen LogP contribution in [0.25, 0.3) is 0 Å². The lowest BCUT2D eigenvalue weighted by Crippen LogP contribution is -2.46. The predicted molar refractivity (Wildman–Crippen MR) is 73.4 cm³/mol. The molecule has 19 heavy (non-hydrogen) atoms. The van der Waals surface area contributed by atoms with Crippen molar-refractivity contribution in [3.63, 3.8) is 0 Å². The first-order valence-corrected chi connectivity index (χ1v) is 6.79. The lowest BCUT2D eigenvalue weighted by atomic mass is 10.0. The minimum Gasteiger partial charge on any atom is -0.346 e. The van der Waals surface area contributed by atoms with Crippen molar-refractivity contribution in [2.24, 2.45) is 0 Å². The minimum atomic E-state index is 0.00361. The van der Waals surface area contributed by atoms with Crippen LogP contribution in [0.2, 0.25) is 0 Å². The molecular weight excluding hydrogens is 240 g/mol. The van der Waals surface area contributed by atoms with E-state index in [1.54, 1.807) is 0 Å². The van der Waals surface area contributed by atoms with Crippen LogP contribution in [0.1, 0.15) is 35.3 Å². The second-order valence-corrected chi connectivity index (χ2v) is 5.45. The fraction of sp³-hybridized carbons (Fsp3) is 0.500. The molecule has 0 aliphatic carbocycles. The molecule has 1 amide bonds. The zero-order valence-corrected chi connectivity index (χ0v) is 11.3. The number of amides is 1. The van der Waals surface area contributed by atoms with Crippen molar-refractivity contribution in [3.8, 4) is 0 Å². The van der Waals surface area contributed by atoms with Crippen LogP contribution in [0.3, 0.4) is 0 Å². The lowest BCUT2D eigenvalue weighted by Gasteiger charge is -2.19. The summed E-state index contributed by atoms with van der Waals surface area (Å²) in [5.74, 6) is 0.00361. The van der Waals surface area contributed by atoms with Crippen molar-refractivity contribution in [2.75, 3.05) is 0 Å². The molecule has 1 fully saturated rings. The molecule has 102 valence electrons. The fourth-order valence-corrected chi connectivity index (χ4v) is 2.80. The quantitative estimate of drug-likeness (QED) is 0.616. The van der Waals surface area contributed by atoms with E-state index in [-0.39, 0.29) is 24.0 Å². The maximum atomic E-state index is 12.3. The predicted octanol–water partition coefficient (Wildman–Crippen LogP) is 0.273. The Bertz CT molecular complexity index is 492. The van der Waals surface area contributed by atoms with E-state index in [1.165, 1.54) is 11.1 Å². The number of rotatable bonds is 2. The van der Waals surface area contributed by atoms with Crippen LogP contribution in [0, 0.1) is 0 Å². The van der Waals surface area contributed by atoms with Crippen molar-refractivity contribution >= 4 is 5.91 Å². The molecule has 0 spiro atoms. The van der Waals surface area contributed by atoms with E-state index in [1.807, 2.05) is 18.2 Å². The van der Waals surface area contributed by atoms with E-state index in [2.05, 4.69) is 35.3 Å². The number of nitrogens with one attached hydrogen (secondary N) is 4. The Kier molecular flexibility index (Phi) is 3.26. The molecule has 5 nitrogen and oxygen atoms in total. The summed E-state index contributed by atoms with van der Waals surface area (Å²) in [5, 5.41) is 6.39. The standard InChI is InChI=1S/C14H20N4O/c1-8-13(9(2)18-17-8)16-14(19)10-3-4-11-6-15-7-12(11)5-10/h3-5,8-9,13,15,17-18H,6-7H2,1-2H3,(H,16,19). The van der Waals surface area contributed by atoms with Gasteiger partial charge in [-0.3, -0.25) is 15.6 Å². The highest BCUT2D eigenvalue weighted by Crippen LogP contribution is 2.17. The van der Waals surface area contributed by atoms with Gasteiger partial charge in [0.25, 0.3) is 5.91 Å². The van der Waals surface area contributed by atoms with Crippen LogP contribution in [0.5, 0.6) is 0 Å². The molecule has 2 heterocycles. The zero-order valence-electron chi connectivity index (χ0n) is 11.3. The van der Waals surface area contributed by atoms with E-state index in [0.29, 0.717) is 0 Å². The van der Waals surface area contributed by atoms with E-state index < -0.39 is 0 Å². The number of carbonyl (C=O) groups excluding carboxylic acids is 1. The SMILES string of the molecule is CC1NNC(C)C1NC(=O)c1ccc2c(c1)CNC2. The van der Waals surface area contributed by atoms with E-state index in [4.69, 9.17) is 0 Å². The molecule has 2 unspecified atom stereocenters. The highest BCUT2D eigenvalue weighted by atomic mass is 16.1. The molecule has 2 aliphatic rings. The third-order valence-electron chi connectivity index (χ3n) is 4.01. The van der Waals surface area contributed by atoms with Crippen LogP contribution >= 0.6 is 0 Å². The van der Waals surface area contributed by atoms with Gasteiger partial charge in [-0.15, -0.1) is 0 Å². The Morgan fingerprint density at radius 2 is 1.84 bits per heavy atom. The molecule has 1 saturated heterocycles. The molecule has 2 aliphatic heterocycles. The molecule has 2 atom stereocenters. The number of hydrogen-bond donors (Lipinski definition) is 4. The summed E-state index contributed by atoms with van der Waals surface area (Å²) in [6, 6.07) is 6.52. The number of benzene rings is 1. The Hall–Kier alpha value is -1.43. The van der Waals surface area contributed by atoms with Crippen LogP contribution < -0.4 is 21.5 Å². The monoisotopic (exact) mass is 260 g/mol. The Balaban J connectivity index is 1.73. The van der Waals surface area contributed by atoms with Gasteiger partial charge in [-0.1, -0.05) is 6.07 Å². The van der Waals surface area contributed by atoms with E-state index in [0.717, 1.165) is 18.7 Å². The maximum absolute atomic E-state index is 12.3. The fourth-order valence-electron chi connectivity index (χ4n) is 2.80. The van der Waals surface area contributed by atoms with Gasteiger partial charge in [0.05, 0.1) is 6.04 Å². The van der Waals surface area contributed by atoms with Gasteiger partial charge in [-0.05, 0) is 37.1 Å². The summed E-state index contributed by atoms with van der Waals surface area (Å²) < 4.78 is 0. The molecule has 4 N–H and O–H groups in total. The van der Waals surface area contributed by atoms with E-state index >= 15 is 0 Å². The summed E-state index contributed by atoms with van der Waals surface area (Å²) in [4.78, 5) is 12.3. The largest absolute Gasteiger partial charge is 0.346 e. The summed E-state index contributed by atoms with van der Waals surface area (Å²) in [6.45, 7) is 5.89. The van der Waals surface area contributed by atoms with Crippen molar-refractivity contribution in [1.29, 1.82) is 0 Å². The van der Waals surface area contributed by atoms with E-state index in [9.17, 15) is 4.79 Å². The summed E-state index contributed by atoms with van der Waals surface area (Å²) in [6.07, 6.45) is 0. The average Bonchev–Trinajstić information content (AvgIpc) is 2.99. The Labute approximate surface area is 113 Å². The van der Waals surface area contributed by atoms with Gasteiger partial charge in [0.2, 0.25) is 0 Å². The summed E-state index contributed by atoms with van der Waals surface area (Å²) in [7, 11) is 0. The molecule has 0 bridgehead atoms. The van der Waals surface area contributed by atoms with Crippen LogP contribution in [0.15, 0.2) is 18.2 Å². The molecule has 0 aromatic heterocycles. The second-order valence-electron chi connectivity index (χ2n) is 5.45. The Morgan fingerprint density at radius 3 is 2.58 bits per heavy atom. The van der Waals surface area contributed by atoms with Crippen LogP contribution in [-0.4, -0.2) is 24.0 Å². The van der Waals surface area contributed by atoms with Gasteiger partial charge >= 0.3 is 0 Å². The van der Waals surface area contributed by atoms with Crippen molar-refractivity contribution in [1.82, 2.24) is 21.5 Å². The maximum Gasteiger partial charge on any atom is 0.251 e. The van der Waals surface area contributed by atoms with Gasteiger partial charge in [0, 0.05) is 30.7 Å². The van der Waals surface area contributed by atoms with Gasteiger partial charge in [0.1, 0.15) is 0 Å². The molecule has 5 heteroatoms. The van der Waals surface area contributed by atoms with Crippen molar-refractivity contribution < 1.29 is 4.79 Å². The Morgan fingerprint density at radius 1 is 1.16 bits per heavy atom. The molecule has 1 aromatic rings. The lowest BCUT2D eigenvalue weighted by molar-refractivity contribution is 0.0931. The van der Waals surface area contributed by atoms with Crippen molar-refractivity contribution in [3.05, 3.63) is 34.9 Å². The molecule has 3 rings (SSSR count). The highest BCUT2D eigenvalue weighted by molar-refractivity contribution is 5.94. The van der Waals surface area contributed by atoms with Gasteiger partial charge in [0.15, 0.2) is 0 Å².